The van der Waals surface area contributed by atoms with Crippen molar-refractivity contribution in [2.45, 2.75) is 0 Å². The van der Waals surface area contributed by atoms with E-state index in [4.69, 9.17) is 15.0 Å². The summed E-state index contributed by atoms with van der Waals surface area (Å²) < 4.78 is 4.40. The molecule has 0 aliphatic carbocycles. The van der Waals surface area contributed by atoms with Crippen LogP contribution in [-0.2, 0) is 0 Å². The van der Waals surface area contributed by atoms with Gasteiger partial charge in [0.15, 0.2) is 11.6 Å². The van der Waals surface area contributed by atoms with Crippen LogP contribution in [0.4, 0.5) is 0 Å². The number of para-hydroxylation sites is 2. The Morgan fingerprint density at radius 1 is 0.450 bits per heavy atom. The number of fused-ring (bicyclic) bond motifs is 4. The molecule has 0 spiro atoms. The third-order valence-electron chi connectivity index (χ3n) is 7.40. The van der Waals surface area contributed by atoms with Gasteiger partial charge in [-0.05, 0) is 36.4 Å². The fourth-order valence-corrected chi connectivity index (χ4v) is 5.53. The highest BCUT2D eigenvalue weighted by atomic mass is 15.2. The van der Waals surface area contributed by atoms with Crippen molar-refractivity contribution in [1.29, 1.82) is 0 Å². The second-order valence-corrected chi connectivity index (χ2v) is 9.82. The number of benzene rings is 5. The van der Waals surface area contributed by atoms with Gasteiger partial charge in [-0.1, -0.05) is 97.1 Å². The van der Waals surface area contributed by atoms with E-state index in [1.807, 2.05) is 60.7 Å². The molecule has 0 aliphatic heterocycles. The van der Waals surface area contributed by atoms with Crippen molar-refractivity contribution < 1.29 is 0 Å². The molecule has 0 aliphatic rings. The van der Waals surface area contributed by atoms with E-state index in [1.54, 1.807) is 0 Å². The van der Waals surface area contributed by atoms with Gasteiger partial charge < -0.3 is 4.57 Å². The Hall–Kier alpha value is -5.55. The predicted molar refractivity (Wildman–Crippen MR) is 162 cm³/mol. The summed E-state index contributed by atoms with van der Waals surface area (Å²) in [5, 5.41) is 3.58. The van der Waals surface area contributed by atoms with E-state index >= 15 is 0 Å². The Kier molecular flexibility index (Phi) is 5.07. The van der Waals surface area contributed by atoms with Crippen LogP contribution in [-0.4, -0.2) is 24.1 Å². The number of hydrogen-bond donors (Lipinski definition) is 0. The first-order valence-electron chi connectivity index (χ1n) is 13.3. The van der Waals surface area contributed by atoms with Crippen LogP contribution < -0.4 is 0 Å². The molecular formula is C35H23N5. The molecule has 40 heavy (non-hydrogen) atoms. The molecule has 0 saturated heterocycles. The maximum Gasteiger partial charge on any atom is 0.238 e. The lowest BCUT2D eigenvalue weighted by atomic mass is 10.1. The molecule has 0 bridgehead atoms. The first-order chi connectivity index (χ1) is 19.8. The van der Waals surface area contributed by atoms with E-state index in [0.29, 0.717) is 17.6 Å². The molecular weight excluding hydrogens is 490 g/mol. The van der Waals surface area contributed by atoms with Crippen LogP contribution in [0.25, 0.3) is 67.1 Å². The molecule has 5 aromatic carbocycles. The van der Waals surface area contributed by atoms with Gasteiger partial charge in [0.25, 0.3) is 0 Å². The van der Waals surface area contributed by atoms with E-state index in [0.717, 1.165) is 33.2 Å². The monoisotopic (exact) mass is 513 g/mol. The zero-order valence-electron chi connectivity index (χ0n) is 21.5. The lowest BCUT2D eigenvalue weighted by molar-refractivity contribution is 0.933. The van der Waals surface area contributed by atoms with Crippen molar-refractivity contribution in [3.8, 4) is 34.4 Å². The van der Waals surface area contributed by atoms with Crippen molar-refractivity contribution in [2.24, 2.45) is 0 Å². The Morgan fingerprint density at radius 3 is 1.73 bits per heavy atom. The SMILES string of the molecule is c1ccc(-c2nc(-c3ccccc3)nc(-n3ccc4cc5c6ccccc6n(-c6ccccc6)c5cc43)n2)cc1. The first-order valence-corrected chi connectivity index (χ1v) is 13.3. The van der Waals surface area contributed by atoms with Crippen LogP contribution in [0.5, 0.6) is 0 Å². The van der Waals surface area contributed by atoms with Gasteiger partial charge in [0.05, 0.1) is 16.6 Å². The number of hydrogen-bond acceptors (Lipinski definition) is 3. The van der Waals surface area contributed by atoms with Crippen molar-refractivity contribution in [2.75, 3.05) is 0 Å². The molecule has 0 saturated carbocycles. The summed E-state index contributed by atoms with van der Waals surface area (Å²) in [5.41, 5.74) is 6.39. The minimum atomic E-state index is 0.587. The highest BCUT2D eigenvalue weighted by Gasteiger charge is 2.17. The number of nitrogens with zero attached hydrogens (tertiary/aromatic N) is 5. The Morgan fingerprint density at radius 2 is 1.05 bits per heavy atom. The van der Waals surface area contributed by atoms with Crippen LogP contribution in [0.15, 0.2) is 140 Å². The minimum absolute atomic E-state index is 0.587. The molecule has 0 N–H and O–H groups in total. The molecule has 5 heteroatoms. The summed E-state index contributed by atoms with van der Waals surface area (Å²) in [6, 6.07) is 45.9. The first kappa shape index (κ1) is 22.4. The molecule has 0 radical (unpaired) electrons. The number of rotatable bonds is 4. The molecule has 8 aromatic rings. The van der Waals surface area contributed by atoms with E-state index in [1.165, 1.54) is 16.3 Å². The second-order valence-electron chi connectivity index (χ2n) is 9.82. The van der Waals surface area contributed by atoms with Gasteiger partial charge in [0.2, 0.25) is 5.95 Å². The van der Waals surface area contributed by atoms with Crippen LogP contribution in [0.2, 0.25) is 0 Å². The van der Waals surface area contributed by atoms with Gasteiger partial charge in [-0.15, -0.1) is 0 Å². The third kappa shape index (κ3) is 3.60. The maximum atomic E-state index is 4.96. The Bertz CT molecular complexity index is 2090. The van der Waals surface area contributed by atoms with E-state index < -0.39 is 0 Å². The molecule has 8 rings (SSSR count). The van der Waals surface area contributed by atoms with Gasteiger partial charge in [0.1, 0.15) is 0 Å². The van der Waals surface area contributed by atoms with Gasteiger partial charge >= 0.3 is 0 Å². The maximum absolute atomic E-state index is 4.96. The zero-order chi connectivity index (χ0) is 26.5. The second kappa shape index (κ2) is 9.03. The normalized spacial score (nSPS) is 11.5. The summed E-state index contributed by atoms with van der Waals surface area (Å²) in [6.07, 6.45) is 2.05. The molecule has 3 heterocycles. The zero-order valence-corrected chi connectivity index (χ0v) is 21.5. The predicted octanol–water partition coefficient (Wildman–Crippen LogP) is 8.25. The minimum Gasteiger partial charge on any atom is -0.309 e. The molecule has 0 amide bonds. The average Bonchev–Trinajstić information content (AvgIpc) is 3.59. The van der Waals surface area contributed by atoms with E-state index in [9.17, 15) is 0 Å². The smallest absolute Gasteiger partial charge is 0.238 e. The quantitative estimate of drug-likeness (QED) is 0.238. The standard InChI is InChI=1S/C35H23N5/c1-4-12-24(13-5-1)33-36-34(25-14-6-2-7-15-25)38-35(37-33)39-21-20-26-22-29-28-18-10-11-19-30(28)40(32(29)23-31(26)39)27-16-8-3-9-17-27/h1-23H. The van der Waals surface area contributed by atoms with Gasteiger partial charge in [0, 0.05) is 39.2 Å². The molecule has 3 aromatic heterocycles. The fraction of sp³-hybridized carbons (Fsp3) is 0. The molecule has 0 fully saturated rings. The Labute approximate surface area is 230 Å². The Balaban J connectivity index is 1.40. The largest absolute Gasteiger partial charge is 0.309 e. The molecule has 5 nitrogen and oxygen atoms in total. The summed E-state index contributed by atoms with van der Waals surface area (Å²) in [4.78, 5) is 14.8. The van der Waals surface area contributed by atoms with Crippen LogP contribution >= 0.6 is 0 Å². The van der Waals surface area contributed by atoms with Crippen LogP contribution in [0.3, 0.4) is 0 Å². The van der Waals surface area contributed by atoms with Crippen LogP contribution in [0, 0.1) is 0 Å². The van der Waals surface area contributed by atoms with E-state index in [2.05, 4.69) is 88.1 Å². The van der Waals surface area contributed by atoms with Gasteiger partial charge in [-0.3, -0.25) is 4.57 Å². The summed E-state index contributed by atoms with van der Waals surface area (Å²) in [6.45, 7) is 0. The fourth-order valence-electron chi connectivity index (χ4n) is 5.53. The third-order valence-corrected chi connectivity index (χ3v) is 7.40. The highest BCUT2D eigenvalue weighted by molar-refractivity contribution is 6.13. The van der Waals surface area contributed by atoms with Crippen molar-refractivity contribution in [1.82, 2.24) is 24.1 Å². The topological polar surface area (TPSA) is 48.5 Å². The summed E-state index contributed by atoms with van der Waals surface area (Å²) in [5.74, 6) is 1.88. The average molecular weight is 514 g/mol. The van der Waals surface area contributed by atoms with Crippen molar-refractivity contribution in [3.63, 3.8) is 0 Å². The summed E-state index contributed by atoms with van der Waals surface area (Å²) >= 11 is 0. The van der Waals surface area contributed by atoms with Crippen LogP contribution in [0.1, 0.15) is 0 Å². The van der Waals surface area contributed by atoms with Gasteiger partial charge in [-0.25, -0.2) is 4.98 Å². The summed E-state index contributed by atoms with van der Waals surface area (Å²) in [7, 11) is 0. The van der Waals surface area contributed by atoms with Crippen molar-refractivity contribution >= 4 is 32.7 Å². The number of aromatic nitrogens is 5. The molecule has 0 unspecified atom stereocenters. The lowest BCUT2D eigenvalue weighted by Crippen LogP contribution is -2.05. The molecule has 188 valence electrons. The highest BCUT2D eigenvalue weighted by Crippen LogP contribution is 2.35. The van der Waals surface area contributed by atoms with Crippen molar-refractivity contribution in [3.05, 3.63) is 140 Å². The van der Waals surface area contributed by atoms with E-state index in [-0.39, 0.29) is 0 Å². The lowest BCUT2D eigenvalue weighted by Gasteiger charge is -2.10. The van der Waals surface area contributed by atoms with Gasteiger partial charge in [-0.2, -0.15) is 9.97 Å². The molecule has 0 atom stereocenters.